The Morgan fingerprint density at radius 1 is 1.22 bits per heavy atom. The monoisotopic (exact) mass is 319 g/mol. The molecule has 6 nitrogen and oxygen atoms in total. The number of ketones is 1. The van der Waals surface area contributed by atoms with Gasteiger partial charge < -0.3 is 19.5 Å². The number of ether oxygens (including phenoxy) is 2. The van der Waals surface area contributed by atoms with Crippen LogP contribution in [0.1, 0.15) is 25.8 Å². The van der Waals surface area contributed by atoms with Crippen LogP contribution in [0.5, 0.6) is 11.5 Å². The zero-order valence-electron chi connectivity index (χ0n) is 13.8. The summed E-state index contributed by atoms with van der Waals surface area (Å²) in [6, 6.07) is 4.74. The molecule has 1 aromatic rings. The van der Waals surface area contributed by atoms with Crippen molar-refractivity contribution in [1.29, 1.82) is 0 Å². The van der Waals surface area contributed by atoms with Crippen molar-refractivity contribution in [3.63, 3.8) is 0 Å². The second-order valence-corrected chi connectivity index (χ2v) is 5.56. The number of hydrogen-bond donors (Lipinski definition) is 1. The molecule has 0 aliphatic carbocycles. The average molecular weight is 319 g/mol. The SMILES string of the molecule is COc1ccc(C(O)=C2C(=O)CCN(C(C)C)C2=O)c(OC)c1. The molecule has 1 aromatic carbocycles. The smallest absolute Gasteiger partial charge is 0.261 e. The van der Waals surface area contributed by atoms with Gasteiger partial charge in [-0.1, -0.05) is 0 Å². The summed E-state index contributed by atoms with van der Waals surface area (Å²) >= 11 is 0. The average Bonchev–Trinajstić information content (AvgIpc) is 2.53. The van der Waals surface area contributed by atoms with Gasteiger partial charge in [0.2, 0.25) is 0 Å². The summed E-state index contributed by atoms with van der Waals surface area (Å²) < 4.78 is 10.3. The molecule has 124 valence electrons. The molecular weight excluding hydrogens is 298 g/mol. The first-order valence-electron chi connectivity index (χ1n) is 7.40. The van der Waals surface area contributed by atoms with Gasteiger partial charge in [-0.3, -0.25) is 9.59 Å². The van der Waals surface area contributed by atoms with Crippen molar-refractivity contribution in [3.8, 4) is 11.5 Å². The van der Waals surface area contributed by atoms with E-state index in [0.29, 0.717) is 18.0 Å². The lowest BCUT2D eigenvalue weighted by molar-refractivity contribution is -0.134. The summed E-state index contributed by atoms with van der Waals surface area (Å²) in [5.41, 5.74) is 0.101. The van der Waals surface area contributed by atoms with Crippen molar-refractivity contribution in [2.75, 3.05) is 20.8 Å². The maximum absolute atomic E-state index is 12.5. The fourth-order valence-corrected chi connectivity index (χ4v) is 2.57. The molecule has 1 amide bonds. The van der Waals surface area contributed by atoms with Crippen LogP contribution in [0.3, 0.4) is 0 Å². The van der Waals surface area contributed by atoms with E-state index in [0.717, 1.165) is 0 Å². The molecular formula is C17H21NO5. The molecule has 6 heteroatoms. The highest BCUT2D eigenvalue weighted by molar-refractivity contribution is 6.25. The number of hydrogen-bond acceptors (Lipinski definition) is 5. The van der Waals surface area contributed by atoms with Gasteiger partial charge in [0.15, 0.2) is 5.78 Å². The summed E-state index contributed by atoms with van der Waals surface area (Å²) in [6.45, 7) is 4.11. The fourth-order valence-electron chi connectivity index (χ4n) is 2.57. The predicted molar refractivity (Wildman–Crippen MR) is 85.6 cm³/mol. The maximum Gasteiger partial charge on any atom is 0.261 e. The van der Waals surface area contributed by atoms with E-state index in [1.807, 2.05) is 13.8 Å². The van der Waals surface area contributed by atoms with Crippen molar-refractivity contribution in [1.82, 2.24) is 4.90 Å². The van der Waals surface area contributed by atoms with Crippen LogP contribution in [0.2, 0.25) is 0 Å². The highest BCUT2D eigenvalue weighted by Crippen LogP contribution is 2.32. The van der Waals surface area contributed by atoms with E-state index in [4.69, 9.17) is 9.47 Å². The highest BCUT2D eigenvalue weighted by Gasteiger charge is 2.34. The van der Waals surface area contributed by atoms with Gasteiger partial charge in [-0.25, -0.2) is 0 Å². The Morgan fingerprint density at radius 3 is 2.48 bits per heavy atom. The van der Waals surface area contributed by atoms with Crippen LogP contribution < -0.4 is 9.47 Å². The molecule has 2 rings (SSSR count). The molecule has 0 atom stereocenters. The Balaban J connectivity index is 2.54. The Hall–Kier alpha value is -2.50. The van der Waals surface area contributed by atoms with Crippen molar-refractivity contribution in [2.45, 2.75) is 26.3 Å². The lowest BCUT2D eigenvalue weighted by atomic mass is 9.96. The van der Waals surface area contributed by atoms with Gasteiger partial charge in [0.25, 0.3) is 5.91 Å². The largest absolute Gasteiger partial charge is 0.506 e. The quantitative estimate of drug-likeness (QED) is 0.523. The Bertz CT molecular complexity index is 663. The molecule has 1 heterocycles. The van der Waals surface area contributed by atoms with Gasteiger partial charge in [-0.05, 0) is 26.0 Å². The lowest BCUT2D eigenvalue weighted by Gasteiger charge is -2.31. The van der Waals surface area contributed by atoms with Crippen LogP contribution in [0, 0.1) is 0 Å². The molecule has 1 aliphatic rings. The van der Waals surface area contributed by atoms with Gasteiger partial charge in [0, 0.05) is 25.1 Å². The Labute approximate surface area is 135 Å². The van der Waals surface area contributed by atoms with E-state index >= 15 is 0 Å². The lowest BCUT2D eigenvalue weighted by Crippen LogP contribution is -2.45. The van der Waals surface area contributed by atoms with Gasteiger partial charge in [-0.15, -0.1) is 0 Å². The van der Waals surface area contributed by atoms with Gasteiger partial charge in [-0.2, -0.15) is 0 Å². The first kappa shape index (κ1) is 16.9. The number of likely N-dealkylation sites (tertiary alicyclic amines) is 1. The van der Waals surface area contributed by atoms with Gasteiger partial charge in [0.1, 0.15) is 22.8 Å². The van der Waals surface area contributed by atoms with E-state index in [-0.39, 0.29) is 35.1 Å². The molecule has 0 saturated carbocycles. The van der Waals surface area contributed by atoms with Crippen molar-refractivity contribution in [3.05, 3.63) is 29.3 Å². The molecule has 1 fully saturated rings. The molecule has 0 spiro atoms. The number of benzene rings is 1. The molecule has 0 unspecified atom stereocenters. The van der Waals surface area contributed by atoms with E-state index in [1.165, 1.54) is 14.2 Å². The summed E-state index contributed by atoms with van der Waals surface area (Å²) in [7, 11) is 2.96. The maximum atomic E-state index is 12.5. The molecule has 23 heavy (non-hydrogen) atoms. The van der Waals surface area contributed by atoms with E-state index in [9.17, 15) is 14.7 Å². The number of aliphatic hydroxyl groups excluding tert-OH is 1. The van der Waals surface area contributed by atoms with Crippen molar-refractivity contribution in [2.24, 2.45) is 0 Å². The topological polar surface area (TPSA) is 76.1 Å². The fraction of sp³-hybridized carbons (Fsp3) is 0.412. The summed E-state index contributed by atoms with van der Waals surface area (Å²) in [4.78, 5) is 26.3. The van der Waals surface area contributed by atoms with Crippen LogP contribution in [0.4, 0.5) is 0 Å². The number of carbonyl (C=O) groups is 2. The van der Waals surface area contributed by atoms with E-state index in [2.05, 4.69) is 0 Å². The molecule has 1 saturated heterocycles. The minimum atomic E-state index is -0.452. The first-order valence-corrected chi connectivity index (χ1v) is 7.40. The normalized spacial score (nSPS) is 17.5. The standard InChI is InChI=1S/C17H21NO5/c1-10(2)18-8-7-13(19)15(17(18)21)16(20)12-6-5-11(22-3)9-14(12)23-4/h5-6,9-10,20H,7-8H2,1-4H3. The molecule has 0 radical (unpaired) electrons. The predicted octanol–water partition coefficient (Wildman–Crippen LogP) is 2.18. The third-order valence-corrected chi connectivity index (χ3v) is 3.86. The molecule has 0 bridgehead atoms. The third kappa shape index (κ3) is 3.16. The van der Waals surface area contributed by atoms with Gasteiger partial charge >= 0.3 is 0 Å². The minimum Gasteiger partial charge on any atom is -0.506 e. The van der Waals surface area contributed by atoms with E-state index < -0.39 is 5.91 Å². The van der Waals surface area contributed by atoms with Crippen LogP contribution in [-0.4, -0.2) is 48.5 Å². The summed E-state index contributed by atoms with van der Waals surface area (Å²) in [5, 5.41) is 10.6. The highest BCUT2D eigenvalue weighted by atomic mass is 16.5. The summed E-state index contributed by atoms with van der Waals surface area (Å²) in [5.74, 6) is -0.288. The Morgan fingerprint density at radius 2 is 1.91 bits per heavy atom. The minimum absolute atomic E-state index is 0.0452. The number of rotatable bonds is 4. The number of carbonyl (C=O) groups excluding carboxylic acids is 2. The third-order valence-electron chi connectivity index (χ3n) is 3.86. The first-order chi connectivity index (χ1) is 10.9. The molecule has 1 aliphatic heterocycles. The zero-order chi connectivity index (χ0) is 17.1. The number of methoxy groups -OCH3 is 2. The molecule has 0 aromatic heterocycles. The van der Waals surface area contributed by atoms with E-state index in [1.54, 1.807) is 23.1 Å². The number of aliphatic hydroxyl groups is 1. The number of Topliss-reactive ketones (excluding diaryl/α,β-unsaturated/α-hetero) is 1. The second-order valence-electron chi connectivity index (χ2n) is 5.56. The molecule has 1 N–H and O–H groups in total. The van der Waals surface area contributed by atoms with Crippen LogP contribution >= 0.6 is 0 Å². The van der Waals surface area contributed by atoms with Crippen LogP contribution in [-0.2, 0) is 9.59 Å². The Kier molecular flexibility index (Phi) is 4.93. The number of piperidine rings is 1. The number of amides is 1. The van der Waals surface area contributed by atoms with Crippen LogP contribution in [0.25, 0.3) is 5.76 Å². The second kappa shape index (κ2) is 6.73. The zero-order valence-corrected chi connectivity index (χ0v) is 13.8. The van der Waals surface area contributed by atoms with Crippen molar-refractivity contribution < 1.29 is 24.2 Å². The number of nitrogens with zero attached hydrogens (tertiary/aromatic N) is 1. The van der Waals surface area contributed by atoms with Crippen molar-refractivity contribution >= 4 is 17.4 Å². The van der Waals surface area contributed by atoms with Crippen LogP contribution in [0.15, 0.2) is 23.8 Å². The summed E-state index contributed by atoms with van der Waals surface area (Å²) in [6.07, 6.45) is 0.196. The van der Waals surface area contributed by atoms with Gasteiger partial charge in [0.05, 0.1) is 19.8 Å².